The number of rotatable bonds is 6. The van der Waals surface area contributed by atoms with Crippen LogP contribution in [0.4, 0.5) is 0 Å². The van der Waals surface area contributed by atoms with E-state index >= 15 is 0 Å². The number of nitrogens with one attached hydrogen (secondary N) is 1. The van der Waals surface area contributed by atoms with Crippen LogP contribution in [0.5, 0.6) is 0 Å². The van der Waals surface area contributed by atoms with Gasteiger partial charge in [0.25, 0.3) is 0 Å². The minimum absolute atomic E-state index is 0.273. The molecule has 0 atom stereocenters. The first-order chi connectivity index (χ1) is 7.65. The third kappa shape index (κ3) is 3.95. The van der Waals surface area contributed by atoms with E-state index in [1.165, 1.54) is 22.3 Å². The van der Waals surface area contributed by atoms with Crippen LogP contribution in [0.3, 0.4) is 0 Å². The highest BCUT2D eigenvalue weighted by molar-refractivity contribution is 5.37. The molecule has 16 heavy (non-hydrogen) atoms. The third-order valence-electron chi connectivity index (χ3n) is 2.90. The fourth-order valence-electron chi connectivity index (χ4n) is 2.15. The molecule has 2 N–H and O–H groups in total. The number of aliphatic hydroxyl groups excluding tert-OH is 1. The Hall–Kier alpha value is -0.860. The minimum Gasteiger partial charge on any atom is -0.396 e. The zero-order valence-corrected chi connectivity index (χ0v) is 10.6. The lowest BCUT2D eigenvalue weighted by Gasteiger charge is -2.11. The molecule has 0 bridgehead atoms. The van der Waals surface area contributed by atoms with Gasteiger partial charge in [0, 0.05) is 6.61 Å². The van der Waals surface area contributed by atoms with Crippen molar-refractivity contribution in [2.45, 2.75) is 33.6 Å². The van der Waals surface area contributed by atoms with E-state index in [0.717, 1.165) is 25.9 Å². The number of hydrogen-bond acceptors (Lipinski definition) is 2. The second-order valence-electron chi connectivity index (χ2n) is 4.45. The van der Waals surface area contributed by atoms with Gasteiger partial charge >= 0.3 is 0 Å². The van der Waals surface area contributed by atoms with Gasteiger partial charge in [-0.1, -0.05) is 17.7 Å². The summed E-state index contributed by atoms with van der Waals surface area (Å²) in [5, 5.41) is 12.0. The summed E-state index contributed by atoms with van der Waals surface area (Å²) in [7, 11) is 0. The lowest BCUT2D eigenvalue weighted by atomic mass is 9.97. The molecule has 1 rings (SSSR count). The van der Waals surface area contributed by atoms with Gasteiger partial charge in [0.1, 0.15) is 0 Å². The van der Waals surface area contributed by atoms with E-state index in [9.17, 15) is 0 Å². The molecule has 0 saturated heterocycles. The Balaban J connectivity index is 2.47. The summed E-state index contributed by atoms with van der Waals surface area (Å²) in [6.07, 6.45) is 1.91. The molecule has 0 aliphatic rings. The molecule has 0 unspecified atom stereocenters. The SMILES string of the molecule is Cc1cc(C)c(CCNCCCO)c(C)c1. The van der Waals surface area contributed by atoms with Gasteiger partial charge in [-0.3, -0.25) is 0 Å². The Morgan fingerprint density at radius 2 is 1.69 bits per heavy atom. The molecule has 0 radical (unpaired) electrons. The van der Waals surface area contributed by atoms with Crippen LogP contribution in [-0.2, 0) is 6.42 Å². The van der Waals surface area contributed by atoms with Crippen molar-refractivity contribution in [2.24, 2.45) is 0 Å². The fraction of sp³-hybridized carbons (Fsp3) is 0.571. The topological polar surface area (TPSA) is 32.3 Å². The summed E-state index contributed by atoms with van der Waals surface area (Å²) in [5.74, 6) is 0. The van der Waals surface area contributed by atoms with Crippen LogP contribution in [-0.4, -0.2) is 24.8 Å². The van der Waals surface area contributed by atoms with Gasteiger partial charge in [-0.05, 0) is 63.4 Å². The molecule has 0 amide bonds. The largest absolute Gasteiger partial charge is 0.396 e. The third-order valence-corrected chi connectivity index (χ3v) is 2.90. The molecule has 2 nitrogen and oxygen atoms in total. The molecule has 1 aromatic carbocycles. The van der Waals surface area contributed by atoms with Crippen molar-refractivity contribution < 1.29 is 5.11 Å². The Morgan fingerprint density at radius 3 is 2.25 bits per heavy atom. The Kier molecular flexibility index (Phi) is 5.50. The lowest BCUT2D eigenvalue weighted by molar-refractivity contribution is 0.286. The maximum absolute atomic E-state index is 8.66. The maximum atomic E-state index is 8.66. The van der Waals surface area contributed by atoms with Crippen molar-refractivity contribution in [1.82, 2.24) is 5.32 Å². The van der Waals surface area contributed by atoms with Crippen LogP contribution in [0.25, 0.3) is 0 Å². The van der Waals surface area contributed by atoms with Gasteiger partial charge in [0.2, 0.25) is 0 Å². The van der Waals surface area contributed by atoms with Crippen LogP contribution >= 0.6 is 0 Å². The highest BCUT2D eigenvalue weighted by Gasteiger charge is 2.02. The summed E-state index contributed by atoms with van der Waals surface area (Å²) in [6.45, 7) is 8.68. The van der Waals surface area contributed by atoms with Gasteiger partial charge < -0.3 is 10.4 Å². The van der Waals surface area contributed by atoms with E-state index in [4.69, 9.17) is 5.11 Å². The maximum Gasteiger partial charge on any atom is 0.0443 e. The molecular weight excluding hydrogens is 198 g/mol. The summed E-state index contributed by atoms with van der Waals surface area (Å²) >= 11 is 0. The molecule has 0 saturated carbocycles. The van der Waals surface area contributed by atoms with Crippen LogP contribution in [0.2, 0.25) is 0 Å². The quantitative estimate of drug-likeness (QED) is 0.721. The number of hydrogen-bond donors (Lipinski definition) is 2. The molecule has 2 heteroatoms. The predicted octanol–water partition coefficient (Wildman–Crippen LogP) is 2.13. The molecule has 0 aliphatic carbocycles. The summed E-state index contributed by atoms with van der Waals surface area (Å²) in [5.41, 5.74) is 5.58. The Labute approximate surface area is 98.7 Å². The van der Waals surface area contributed by atoms with Gasteiger partial charge in [0.15, 0.2) is 0 Å². The van der Waals surface area contributed by atoms with E-state index in [2.05, 4.69) is 38.2 Å². The van der Waals surface area contributed by atoms with Crippen LogP contribution in [0.1, 0.15) is 28.7 Å². The van der Waals surface area contributed by atoms with Crippen LogP contribution in [0, 0.1) is 20.8 Å². The average molecular weight is 221 g/mol. The van der Waals surface area contributed by atoms with E-state index in [0.29, 0.717) is 0 Å². The highest BCUT2D eigenvalue weighted by atomic mass is 16.3. The summed E-state index contributed by atoms with van der Waals surface area (Å²) in [6, 6.07) is 4.49. The van der Waals surface area contributed by atoms with E-state index in [1.807, 2.05) is 0 Å². The second kappa shape index (κ2) is 6.66. The molecule has 0 aromatic heterocycles. The molecule has 1 aromatic rings. The van der Waals surface area contributed by atoms with Gasteiger partial charge in [-0.15, -0.1) is 0 Å². The molecule has 0 aliphatic heterocycles. The number of benzene rings is 1. The van der Waals surface area contributed by atoms with Crippen molar-refractivity contribution >= 4 is 0 Å². The fourth-order valence-corrected chi connectivity index (χ4v) is 2.15. The summed E-state index contributed by atoms with van der Waals surface area (Å²) in [4.78, 5) is 0. The van der Waals surface area contributed by atoms with Crippen molar-refractivity contribution in [3.8, 4) is 0 Å². The number of aryl methyl sites for hydroxylation is 3. The first-order valence-electron chi connectivity index (χ1n) is 6.03. The van der Waals surface area contributed by atoms with Gasteiger partial charge in [-0.25, -0.2) is 0 Å². The predicted molar refractivity (Wildman–Crippen MR) is 68.9 cm³/mol. The standard InChI is InChI=1S/C14H23NO/c1-11-9-12(2)14(13(3)10-11)5-7-15-6-4-8-16/h9-10,15-16H,4-8H2,1-3H3. The van der Waals surface area contributed by atoms with Gasteiger partial charge in [0.05, 0.1) is 0 Å². The lowest BCUT2D eigenvalue weighted by Crippen LogP contribution is -2.20. The minimum atomic E-state index is 0.273. The van der Waals surface area contributed by atoms with Crippen LogP contribution < -0.4 is 5.32 Å². The van der Waals surface area contributed by atoms with E-state index < -0.39 is 0 Å². The molecule has 90 valence electrons. The Bertz CT molecular complexity index is 311. The average Bonchev–Trinajstić information content (AvgIpc) is 2.20. The zero-order valence-electron chi connectivity index (χ0n) is 10.6. The molecule has 0 heterocycles. The van der Waals surface area contributed by atoms with Crippen molar-refractivity contribution in [3.63, 3.8) is 0 Å². The normalized spacial score (nSPS) is 10.8. The zero-order chi connectivity index (χ0) is 12.0. The van der Waals surface area contributed by atoms with Crippen molar-refractivity contribution in [1.29, 1.82) is 0 Å². The first kappa shape index (κ1) is 13.2. The van der Waals surface area contributed by atoms with E-state index in [-0.39, 0.29) is 6.61 Å². The molecule has 0 spiro atoms. The monoisotopic (exact) mass is 221 g/mol. The van der Waals surface area contributed by atoms with Crippen molar-refractivity contribution in [3.05, 3.63) is 34.4 Å². The van der Waals surface area contributed by atoms with E-state index in [1.54, 1.807) is 0 Å². The molecule has 0 fully saturated rings. The summed E-state index contributed by atoms with van der Waals surface area (Å²) < 4.78 is 0. The first-order valence-corrected chi connectivity index (χ1v) is 6.03. The molecular formula is C14H23NO. The number of aliphatic hydroxyl groups is 1. The highest BCUT2D eigenvalue weighted by Crippen LogP contribution is 2.16. The van der Waals surface area contributed by atoms with Gasteiger partial charge in [-0.2, -0.15) is 0 Å². The smallest absolute Gasteiger partial charge is 0.0443 e. The second-order valence-corrected chi connectivity index (χ2v) is 4.45. The Morgan fingerprint density at radius 1 is 1.06 bits per heavy atom. The van der Waals surface area contributed by atoms with Crippen molar-refractivity contribution in [2.75, 3.05) is 19.7 Å². The van der Waals surface area contributed by atoms with Crippen LogP contribution in [0.15, 0.2) is 12.1 Å².